The van der Waals surface area contributed by atoms with Crippen LogP contribution >= 0.6 is 0 Å². The molecular weight excluding hydrogens is 312 g/mol. The Morgan fingerprint density at radius 3 is 2.35 bits per heavy atom. The van der Waals surface area contributed by atoms with Gasteiger partial charge in [-0.1, -0.05) is 23.8 Å². The molecular formula is C17H16N2O3S. The van der Waals surface area contributed by atoms with E-state index in [9.17, 15) is 13.2 Å². The Balaban J connectivity index is 1.99. The Hall–Kier alpha value is -2.60. The van der Waals surface area contributed by atoms with Crippen LogP contribution in [0.5, 0.6) is 0 Å². The fourth-order valence-electron chi connectivity index (χ4n) is 2.31. The number of aromatic nitrogens is 1. The highest BCUT2D eigenvalue weighted by atomic mass is 32.2. The number of anilines is 1. The maximum Gasteiger partial charge on any atom is 0.261 e. The molecule has 0 aliphatic carbocycles. The monoisotopic (exact) mass is 328 g/mol. The molecule has 0 spiro atoms. The van der Waals surface area contributed by atoms with Crippen LogP contribution in [0.3, 0.4) is 0 Å². The van der Waals surface area contributed by atoms with Gasteiger partial charge in [0.2, 0.25) is 0 Å². The van der Waals surface area contributed by atoms with Crippen molar-refractivity contribution in [3.8, 4) is 0 Å². The first-order chi connectivity index (χ1) is 10.8. The first-order valence-corrected chi connectivity index (χ1v) is 8.57. The van der Waals surface area contributed by atoms with Gasteiger partial charge >= 0.3 is 0 Å². The molecule has 0 bridgehead atoms. The zero-order valence-corrected chi connectivity index (χ0v) is 13.6. The quantitative estimate of drug-likeness (QED) is 0.776. The summed E-state index contributed by atoms with van der Waals surface area (Å²) in [5.74, 6) is 0. The lowest BCUT2D eigenvalue weighted by atomic mass is 10.1. The van der Waals surface area contributed by atoms with E-state index in [0.717, 1.165) is 10.9 Å². The number of benzene rings is 2. The third kappa shape index (κ3) is 3.12. The summed E-state index contributed by atoms with van der Waals surface area (Å²) in [7, 11) is -3.66. The van der Waals surface area contributed by atoms with Crippen molar-refractivity contribution in [3.63, 3.8) is 0 Å². The number of sulfonamides is 1. The molecule has 3 aromatic rings. The van der Waals surface area contributed by atoms with Gasteiger partial charge in [-0.2, -0.15) is 0 Å². The molecule has 0 aliphatic heterocycles. The average molecular weight is 328 g/mol. The lowest BCUT2D eigenvalue weighted by molar-refractivity contribution is 0.601. The van der Waals surface area contributed by atoms with Crippen molar-refractivity contribution in [1.29, 1.82) is 0 Å². The van der Waals surface area contributed by atoms with E-state index in [4.69, 9.17) is 0 Å². The number of hydrogen-bond acceptors (Lipinski definition) is 3. The molecule has 0 saturated carbocycles. The molecule has 0 unspecified atom stereocenters. The smallest absolute Gasteiger partial charge is 0.261 e. The highest BCUT2D eigenvalue weighted by Gasteiger charge is 2.14. The molecule has 0 fully saturated rings. The highest BCUT2D eigenvalue weighted by molar-refractivity contribution is 7.92. The summed E-state index contributed by atoms with van der Waals surface area (Å²) in [6.45, 7) is 3.62. The minimum atomic E-state index is -3.66. The van der Waals surface area contributed by atoms with Gasteiger partial charge in [-0.25, -0.2) is 8.42 Å². The number of aryl methyl sites for hydroxylation is 2. The Morgan fingerprint density at radius 2 is 1.65 bits per heavy atom. The van der Waals surface area contributed by atoms with Crippen LogP contribution < -0.4 is 10.3 Å². The first kappa shape index (κ1) is 15.3. The van der Waals surface area contributed by atoms with Gasteiger partial charge in [0, 0.05) is 5.56 Å². The normalized spacial score (nSPS) is 11.6. The Kier molecular flexibility index (Phi) is 3.69. The van der Waals surface area contributed by atoms with Crippen LogP contribution in [0.25, 0.3) is 10.9 Å². The molecule has 0 radical (unpaired) electrons. The topological polar surface area (TPSA) is 79.0 Å². The molecule has 0 atom stereocenters. The third-order valence-corrected chi connectivity index (χ3v) is 5.01. The van der Waals surface area contributed by atoms with Crippen LogP contribution in [0.1, 0.15) is 11.1 Å². The van der Waals surface area contributed by atoms with Crippen molar-refractivity contribution >= 4 is 26.6 Å². The number of rotatable bonds is 3. The Bertz CT molecular complexity index is 1040. The minimum Gasteiger partial charge on any atom is -0.322 e. The van der Waals surface area contributed by atoms with Crippen LogP contribution in [0.2, 0.25) is 0 Å². The van der Waals surface area contributed by atoms with Gasteiger partial charge in [-0.05, 0) is 49.6 Å². The second-order valence-corrected chi connectivity index (χ2v) is 7.18. The summed E-state index contributed by atoms with van der Waals surface area (Å²) in [6, 6.07) is 13.4. The SMILES string of the molecule is Cc1ccc(S(=O)(=O)Nc2ccc3cc(C)c(=O)[nH]c3c2)cc1. The van der Waals surface area contributed by atoms with E-state index in [1.165, 1.54) is 0 Å². The van der Waals surface area contributed by atoms with Gasteiger partial charge < -0.3 is 4.98 Å². The van der Waals surface area contributed by atoms with Gasteiger partial charge in [-0.3, -0.25) is 9.52 Å². The van der Waals surface area contributed by atoms with Gasteiger partial charge in [0.1, 0.15) is 0 Å². The van der Waals surface area contributed by atoms with Crippen LogP contribution in [-0.2, 0) is 10.0 Å². The van der Waals surface area contributed by atoms with E-state index in [0.29, 0.717) is 16.8 Å². The van der Waals surface area contributed by atoms with Gasteiger partial charge in [-0.15, -0.1) is 0 Å². The third-order valence-electron chi connectivity index (χ3n) is 3.62. The van der Waals surface area contributed by atoms with E-state index in [1.807, 2.05) is 6.92 Å². The summed E-state index contributed by atoms with van der Waals surface area (Å²) < 4.78 is 27.3. The van der Waals surface area contributed by atoms with Crippen LogP contribution in [-0.4, -0.2) is 13.4 Å². The van der Waals surface area contributed by atoms with Crippen LogP contribution in [0.15, 0.2) is 58.2 Å². The fraction of sp³-hybridized carbons (Fsp3) is 0.118. The molecule has 6 heteroatoms. The highest BCUT2D eigenvalue weighted by Crippen LogP contribution is 2.20. The van der Waals surface area contributed by atoms with Gasteiger partial charge in [0.15, 0.2) is 0 Å². The van der Waals surface area contributed by atoms with E-state index in [-0.39, 0.29) is 10.5 Å². The summed E-state index contributed by atoms with van der Waals surface area (Å²) in [6.07, 6.45) is 0. The number of hydrogen-bond donors (Lipinski definition) is 2. The Morgan fingerprint density at radius 1 is 0.957 bits per heavy atom. The molecule has 3 rings (SSSR count). The van der Waals surface area contributed by atoms with Gasteiger partial charge in [0.25, 0.3) is 15.6 Å². The van der Waals surface area contributed by atoms with Crippen LogP contribution in [0, 0.1) is 13.8 Å². The van der Waals surface area contributed by atoms with Gasteiger partial charge in [0.05, 0.1) is 16.1 Å². The lowest BCUT2D eigenvalue weighted by Gasteiger charge is -2.09. The van der Waals surface area contributed by atoms with Crippen molar-refractivity contribution in [2.75, 3.05) is 4.72 Å². The molecule has 5 nitrogen and oxygen atoms in total. The number of nitrogens with one attached hydrogen (secondary N) is 2. The minimum absolute atomic E-state index is 0.184. The van der Waals surface area contributed by atoms with E-state index >= 15 is 0 Å². The zero-order chi connectivity index (χ0) is 16.6. The number of pyridine rings is 1. The second kappa shape index (κ2) is 5.55. The van der Waals surface area contributed by atoms with Crippen molar-refractivity contribution in [1.82, 2.24) is 4.98 Å². The molecule has 1 aromatic heterocycles. The standard InChI is InChI=1S/C17H16N2O3S/c1-11-3-7-15(8-4-11)23(21,22)19-14-6-5-13-9-12(2)17(20)18-16(13)10-14/h3-10,19H,1-2H3,(H,18,20). The lowest BCUT2D eigenvalue weighted by Crippen LogP contribution is -2.13. The summed E-state index contributed by atoms with van der Waals surface area (Å²) >= 11 is 0. The maximum absolute atomic E-state index is 12.4. The van der Waals surface area contributed by atoms with Crippen molar-refractivity contribution in [3.05, 3.63) is 70.0 Å². The Labute approximate surface area is 134 Å². The number of fused-ring (bicyclic) bond motifs is 1. The van der Waals surface area contributed by atoms with E-state index < -0.39 is 10.0 Å². The van der Waals surface area contributed by atoms with E-state index in [2.05, 4.69) is 9.71 Å². The summed E-state index contributed by atoms with van der Waals surface area (Å²) in [5, 5.41) is 0.848. The van der Waals surface area contributed by atoms with Crippen molar-refractivity contribution in [2.24, 2.45) is 0 Å². The fourth-order valence-corrected chi connectivity index (χ4v) is 3.35. The maximum atomic E-state index is 12.4. The molecule has 0 aliphatic rings. The average Bonchev–Trinajstić information content (AvgIpc) is 2.49. The summed E-state index contributed by atoms with van der Waals surface area (Å²) in [4.78, 5) is 14.6. The first-order valence-electron chi connectivity index (χ1n) is 7.08. The zero-order valence-electron chi connectivity index (χ0n) is 12.8. The molecule has 23 heavy (non-hydrogen) atoms. The molecule has 2 N–H and O–H groups in total. The van der Waals surface area contributed by atoms with E-state index in [1.54, 1.807) is 55.5 Å². The van der Waals surface area contributed by atoms with Crippen LogP contribution in [0.4, 0.5) is 5.69 Å². The molecule has 118 valence electrons. The largest absolute Gasteiger partial charge is 0.322 e. The van der Waals surface area contributed by atoms with Crippen molar-refractivity contribution < 1.29 is 8.42 Å². The summed E-state index contributed by atoms with van der Waals surface area (Å²) in [5.41, 5.74) is 2.41. The molecule has 0 saturated heterocycles. The molecule has 0 amide bonds. The molecule has 1 heterocycles. The number of H-pyrrole nitrogens is 1. The van der Waals surface area contributed by atoms with Crippen molar-refractivity contribution in [2.45, 2.75) is 18.7 Å². The molecule has 2 aromatic carbocycles. The predicted octanol–water partition coefficient (Wildman–Crippen LogP) is 2.95. The second-order valence-electron chi connectivity index (χ2n) is 5.50. The number of aromatic amines is 1. The predicted molar refractivity (Wildman–Crippen MR) is 91.3 cm³/mol.